The highest BCUT2D eigenvalue weighted by Gasteiger charge is 2.56. The molecular formula is C12H22O11. The highest BCUT2D eigenvalue weighted by molar-refractivity contribution is 5.07. The lowest BCUT2D eigenvalue weighted by Gasteiger charge is -2.32. The summed E-state index contributed by atoms with van der Waals surface area (Å²) in [5.74, 6) is -4.70. The first kappa shape index (κ1) is 20.0. The number of aliphatic hydroxyl groups is 9. The molecule has 2 unspecified atom stereocenters. The average molecular weight is 342 g/mol. The summed E-state index contributed by atoms with van der Waals surface area (Å²) < 4.78 is 9.78. The molecule has 11 heteroatoms. The van der Waals surface area contributed by atoms with Crippen LogP contribution in [0.1, 0.15) is 6.42 Å². The van der Waals surface area contributed by atoms with Crippen molar-refractivity contribution in [2.75, 3.05) is 19.8 Å². The molecule has 11 nitrogen and oxygen atoms in total. The molecule has 1 aliphatic heterocycles. The van der Waals surface area contributed by atoms with Crippen molar-refractivity contribution in [1.29, 1.82) is 0 Å². The molecule has 1 aliphatic rings. The summed E-state index contributed by atoms with van der Waals surface area (Å²) in [4.78, 5) is 0. The van der Waals surface area contributed by atoms with Crippen LogP contribution in [0.3, 0.4) is 0 Å². The fraction of sp³-hybridized carbons (Fsp3) is 0.833. The van der Waals surface area contributed by atoms with Crippen LogP contribution < -0.4 is 0 Å². The zero-order valence-corrected chi connectivity index (χ0v) is 12.1. The number of aliphatic hydroxyl groups excluding tert-OH is 9. The average Bonchev–Trinajstić information content (AvgIpc) is 2.78. The Morgan fingerprint density at radius 1 is 1.09 bits per heavy atom. The summed E-state index contributed by atoms with van der Waals surface area (Å²) in [5, 5.41) is 84.7. The van der Waals surface area contributed by atoms with Crippen LogP contribution in [0.4, 0.5) is 0 Å². The number of rotatable bonds is 8. The Morgan fingerprint density at radius 2 is 1.70 bits per heavy atom. The van der Waals surface area contributed by atoms with Gasteiger partial charge in [0.25, 0.3) is 0 Å². The molecule has 9 N–H and O–H groups in total. The first-order valence-corrected chi connectivity index (χ1v) is 6.76. The molecule has 0 saturated carbocycles. The highest BCUT2D eigenvalue weighted by Crippen LogP contribution is 2.34. The molecule has 0 radical (unpaired) electrons. The van der Waals surface area contributed by atoms with Crippen molar-refractivity contribution >= 4 is 0 Å². The van der Waals surface area contributed by atoms with Gasteiger partial charge in [-0.2, -0.15) is 0 Å². The second-order valence-electron chi connectivity index (χ2n) is 5.01. The van der Waals surface area contributed by atoms with Crippen molar-refractivity contribution in [3.8, 4) is 0 Å². The summed E-state index contributed by atoms with van der Waals surface area (Å²) in [6.45, 7) is -2.30. The molecule has 0 bridgehead atoms. The third-order valence-electron chi connectivity index (χ3n) is 3.43. The van der Waals surface area contributed by atoms with Crippen LogP contribution in [0.25, 0.3) is 0 Å². The lowest BCUT2D eigenvalue weighted by molar-refractivity contribution is -0.323. The van der Waals surface area contributed by atoms with Gasteiger partial charge in [-0.25, -0.2) is 0 Å². The SMILES string of the molecule is OCC[C@@H](O)/C(O)=C(\O)[C@H](O)O[C@]1(CO)O[C@H](CO)C(O)C1O. The minimum Gasteiger partial charge on any atom is -0.506 e. The summed E-state index contributed by atoms with van der Waals surface area (Å²) in [7, 11) is 0. The molecule has 1 rings (SSSR count). The maximum Gasteiger partial charge on any atom is 0.224 e. The van der Waals surface area contributed by atoms with Crippen molar-refractivity contribution in [2.24, 2.45) is 0 Å². The molecule has 0 amide bonds. The maximum absolute atomic E-state index is 9.85. The Kier molecular flexibility index (Phi) is 7.13. The van der Waals surface area contributed by atoms with E-state index in [0.717, 1.165) is 0 Å². The van der Waals surface area contributed by atoms with Crippen LogP contribution in [0.5, 0.6) is 0 Å². The summed E-state index contributed by atoms with van der Waals surface area (Å²) >= 11 is 0. The standard InChI is InChI=1S/C12H22O11/c13-2-1-5(16)7(17)9(19)11(21)23-12(4-15)10(20)8(18)6(3-14)22-12/h5-6,8,10-11,13-21H,1-4H2/b9-7+/t5-,6-,8?,10?,11-,12+/m1/s1. The molecule has 0 aromatic carbocycles. The normalized spacial score (nSPS) is 35.0. The fourth-order valence-corrected chi connectivity index (χ4v) is 2.07. The summed E-state index contributed by atoms with van der Waals surface area (Å²) in [6.07, 6.45) is -9.19. The Labute approximate surface area is 130 Å². The van der Waals surface area contributed by atoms with E-state index in [1.54, 1.807) is 0 Å². The molecule has 0 spiro atoms. The van der Waals surface area contributed by atoms with Crippen molar-refractivity contribution in [3.05, 3.63) is 11.5 Å². The third-order valence-corrected chi connectivity index (χ3v) is 3.43. The number of hydrogen-bond acceptors (Lipinski definition) is 11. The van der Waals surface area contributed by atoms with Gasteiger partial charge in [-0.3, -0.25) is 0 Å². The Hall–Kier alpha value is -1.02. The van der Waals surface area contributed by atoms with Gasteiger partial charge in [-0.05, 0) is 0 Å². The first-order chi connectivity index (χ1) is 10.7. The van der Waals surface area contributed by atoms with Gasteiger partial charge in [0.1, 0.15) is 31.0 Å². The van der Waals surface area contributed by atoms with E-state index >= 15 is 0 Å². The predicted octanol–water partition coefficient (Wildman–Crippen LogP) is -3.81. The predicted molar refractivity (Wildman–Crippen MR) is 70.9 cm³/mol. The van der Waals surface area contributed by atoms with Gasteiger partial charge in [0.05, 0.1) is 6.61 Å². The van der Waals surface area contributed by atoms with Crippen LogP contribution in [-0.2, 0) is 9.47 Å². The lowest BCUT2D eigenvalue weighted by atomic mass is 10.1. The quantitative estimate of drug-likeness (QED) is 0.155. The van der Waals surface area contributed by atoms with Gasteiger partial charge in [-0.1, -0.05) is 0 Å². The van der Waals surface area contributed by atoms with E-state index < -0.39 is 67.8 Å². The van der Waals surface area contributed by atoms with Crippen molar-refractivity contribution in [1.82, 2.24) is 0 Å². The molecule has 1 fully saturated rings. The van der Waals surface area contributed by atoms with Gasteiger partial charge < -0.3 is 55.4 Å². The first-order valence-electron chi connectivity index (χ1n) is 6.76. The Balaban J connectivity index is 2.93. The minimum atomic E-state index is -2.37. The highest BCUT2D eigenvalue weighted by atomic mass is 16.8. The van der Waals surface area contributed by atoms with E-state index in [2.05, 4.69) is 0 Å². The topological polar surface area (TPSA) is 201 Å². The molecule has 1 heterocycles. The molecule has 23 heavy (non-hydrogen) atoms. The molecule has 0 aliphatic carbocycles. The van der Waals surface area contributed by atoms with Gasteiger partial charge in [0, 0.05) is 13.0 Å². The second kappa shape index (κ2) is 8.19. The Morgan fingerprint density at radius 3 is 2.13 bits per heavy atom. The number of ether oxygens (including phenoxy) is 2. The largest absolute Gasteiger partial charge is 0.506 e. The van der Waals surface area contributed by atoms with Crippen LogP contribution in [0, 0.1) is 0 Å². The van der Waals surface area contributed by atoms with E-state index in [4.69, 9.17) is 19.7 Å². The van der Waals surface area contributed by atoms with Crippen molar-refractivity contribution in [3.63, 3.8) is 0 Å². The van der Waals surface area contributed by atoms with Crippen LogP contribution in [-0.4, -0.2) is 102 Å². The monoisotopic (exact) mass is 342 g/mol. The van der Waals surface area contributed by atoms with Gasteiger partial charge in [-0.15, -0.1) is 0 Å². The summed E-state index contributed by atoms with van der Waals surface area (Å²) in [6, 6.07) is 0. The van der Waals surface area contributed by atoms with Crippen LogP contribution in [0.15, 0.2) is 11.5 Å². The Bertz CT molecular complexity index is 414. The van der Waals surface area contributed by atoms with E-state index in [1.807, 2.05) is 0 Å². The zero-order valence-electron chi connectivity index (χ0n) is 12.1. The summed E-state index contributed by atoms with van der Waals surface area (Å²) in [5.41, 5.74) is 0. The van der Waals surface area contributed by atoms with E-state index in [9.17, 15) is 35.7 Å². The number of hydrogen-bond donors (Lipinski definition) is 9. The molecule has 0 aromatic heterocycles. The molecule has 6 atom stereocenters. The lowest BCUT2D eigenvalue weighted by Crippen LogP contribution is -2.51. The smallest absolute Gasteiger partial charge is 0.224 e. The maximum atomic E-state index is 9.85. The van der Waals surface area contributed by atoms with Gasteiger partial charge in [0.15, 0.2) is 11.5 Å². The molecular weight excluding hydrogens is 320 g/mol. The third kappa shape index (κ3) is 4.09. The fourth-order valence-electron chi connectivity index (χ4n) is 2.07. The van der Waals surface area contributed by atoms with Crippen molar-refractivity contribution < 1.29 is 55.4 Å². The van der Waals surface area contributed by atoms with E-state index in [-0.39, 0.29) is 6.42 Å². The van der Waals surface area contributed by atoms with Crippen LogP contribution >= 0.6 is 0 Å². The van der Waals surface area contributed by atoms with Crippen molar-refractivity contribution in [2.45, 2.75) is 42.9 Å². The van der Waals surface area contributed by atoms with Crippen LogP contribution in [0.2, 0.25) is 0 Å². The minimum absolute atomic E-state index is 0.335. The van der Waals surface area contributed by atoms with E-state index in [0.29, 0.717) is 0 Å². The zero-order chi connectivity index (χ0) is 17.8. The molecule has 0 aromatic rings. The molecule has 1 saturated heterocycles. The van der Waals surface area contributed by atoms with Gasteiger partial charge in [0.2, 0.25) is 12.1 Å². The molecule has 136 valence electrons. The second-order valence-corrected chi connectivity index (χ2v) is 5.01. The van der Waals surface area contributed by atoms with Gasteiger partial charge >= 0.3 is 0 Å². The van der Waals surface area contributed by atoms with E-state index in [1.165, 1.54) is 0 Å².